The van der Waals surface area contributed by atoms with Gasteiger partial charge in [0.05, 0.1) is 23.3 Å². The first kappa shape index (κ1) is 17.3. The second-order valence-corrected chi connectivity index (χ2v) is 8.04. The van der Waals surface area contributed by atoms with Crippen LogP contribution in [0.5, 0.6) is 0 Å². The van der Waals surface area contributed by atoms with Gasteiger partial charge in [0.2, 0.25) is 0 Å². The Labute approximate surface area is 166 Å². The molecule has 0 bridgehead atoms. The zero-order valence-electron chi connectivity index (χ0n) is 15.5. The van der Waals surface area contributed by atoms with Gasteiger partial charge in [-0.25, -0.2) is 9.98 Å². The van der Waals surface area contributed by atoms with Crippen LogP contribution in [-0.2, 0) is 0 Å². The second kappa shape index (κ2) is 6.95. The Morgan fingerprint density at radius 1 is 1.32 bits per heavy atom. The van der Waals surface area contributed by atoms with E-state index >= 15 is 0 Å². The molecule has 0 radical (unpaired) electrons. The average molecular weight is 395 g/mol. The Morgan fingerprint density at radius 2 is 2.21 bits per heavy atom. The van der Waals surface area contributed by atoms with Gasteiger partial charge in [-0.1, -0.05) is 11.3 Å². The lowest BCUT2D eigenvalue weighted by Gasteiger charge is -2.31. The Balaban J connectivity index is 1.44. The van der Waals surface area contributed by atoms with Crippen molar-refractivity contribution in [3.8, 4) is 0 Å². The fourth-order valence-corrected chi connectivity index (χ4v) is 4.56. The van der Waals surface area contributed by atoms with Crippen LogP contribution in [0.2, 0.25) is 0 Å². The fourth-order valence-electron chi connectivity index (χ4n) is 3.71. The molecule has 2 aromatic heterocycles. The lowest BCUT2D eigenvalue weighted by atomic mass is 10.0. The number of nitrogens with one attached hydrogen (secondary N) is 1. The average Bonchev–Trinajstić information content (AvgIpc) is 3.39. The molecule has 0 fully saturated rings. The Kier molecular flexibility index (Phi) is 4.29. The molecule has 5 rings (SSSR count). The summed E-state index contributed by atoms with van der Waals surface area (Å²) in [6.45, 7) is 2.18. The summed E-state index contributed by atoms with van der Waals surface area (Å²) in [7, 11) is 2.00. The highest BCUT2D eigenvalue weighted by atomic mass is 32.1. The molecule has 0 amide bonds. The van der Waals surface area contributed by atoms with Gasteiger partial charge in [0, 0.05) is 56.8 Å². The van der Waals surface area contributed by atoms with Crippen LogP contribution >= 0.6 is 11.3 Å². The highest BCUT2D eigenvalue weighted by molar-refractivity contribution is 7.22. The second-order valence-electron chi connectivity index (χ2n) is 7.01. The number of aliphatic imine (C=N–C) groups is 2. The lowest BCUT2D eigenvalue weighted by Crippen LogP contribution is -2.45. The standard InChI is InChI=1S/C18H21N9S/c1-26-9-11(7-23-26)14-8-22-17-16(24-12(2-3-19)10-27(14)17)25-15-6-13-18(28-15)21-5-4-20-13/h4-7,10-11,14H,2-3,8-9,19H2,1H3,(H,24,25). The molecule has 2 unspecified atom stereocenters. The van der Waals surface area contributed by atoms with E-state index < -0.39 is 0 Å². The number of hydrogen-bond donors (Lipinski definition) is 2. The minimum atomic E-state index is 0.245. The van der Waals surface area contributed by atoms with Crippen molar-refractivity contribution in [3.05, 3.63) is 30.4 Å². The molecule has 9 nitrogen and oxygen atoms in total. The van der Waals surface area contributed by atoms with Crippen molar-refractivity contribution in [3.63, 3.8) is 0 Å². The third-order valence-corrected chi connectivity index (χ3v) is 5.97. The zero-order valence-corrected chi connectivity index (χ0v) is 16.3. The number of amidine groups is 2. The van der Waals surface area contributed by atoms with Gasteiger partial charge in [-0.3, -0.25) is 15.0 Å². The first-order chi connectivity index (χ1) is 13.7. The normalized spacial score (nSPS) is 23.7. The molecule has 5 heterocycles. The van der Waals surface area contributed by atoms with Crippen LogP contribution in [0.25, 0.3) is 10.3 Å². The van der Waals surface area contributed by atoms with Crippen molar-refractivity contribution < 1.29 is 0 Å². The van der Waals surface area contributed by atoms with Crippen molar-refractivity contribution in [2.75, 3.05) is 32.0 Å². The SMILES string of the molecule is CN1CC(C2CN=C3C(Nc4cc5nccnc5s4)=NC(CCN)=CN32)C=N1. The van der Waals surface area contributed by atoms with Crippen molar-refractivity contribution >= 4 is 44.6 Å². The molecule has 2 aromatic rings. The molecule has 0 aliphatic carbocycles. The summed E-state index contributed by atoms with van der Waals surface area (Å²) in [6.07, 6.45) is 8.25. The fraction of sp³-hybridized carbons (Fsp3) is 0.389. The number of anilines is 1. The maximum absolute atomic E-state index is 5.80. The van der Waals surface area contributed by atoms with Crippen molar-refractivity contribution in [1.29, 1.82) is 0 Å². The summed E-state index contributed by atoms with van der Waals surface area (Å²) in [5.41, 5.74) is 7.63. The Hall–Kier alpha value is -2.85. The number of aromatic nitrogens is 2. The van der Waals surface area contributed by atoms with Crippen molar-refractivity contribution in [1.82, 2.24) is 19.9 Å². The smallest absolute Gasteiger partial charge is 0.174 e. The summed E-state index contributed by atoms with van der Waals surface area (Å²) in [5, 5.41) is 10.8. The van der Waals surface area contributed by atoms with Crippen LogP contribution in [-0.4, -0.2) is 70.5 Å². The lowest BCUT2D eigenvalue weighted by molar-refractivity contribution is 0.298. The molecule has 0 saturated carbocycles. The van der Waals surface area contributed by atoms with Gasteiger partial charge in [-0.2, -0.15) is 5.10 Å². The van der Waals surface area contributed by atoms with Crippen LogP contribution in [0.15, 0.2) is 45.4 Å². The van der Waals surface area contributed by atoms with Gasteiger partial charge in [0.1, 0.15) is 10.3 Å². The van der Waals surface area contributed by atoms with Crippen molar-refractivity contribution in [2.45, 2.75) is 12.5 Å². The molecule has 10 heteroatoms. The first-order valence-corrected chi connectivity index (χ1v) is 10.1. The molecule has 2 atom stereocenters. The third-order valence-electron chi connectivity index (χ3n) is 5.02. The summed E-state index contributed by atoms with van der Waals surface area (Å²) >= 11 is 1.55. The molecule has 3 N–H and O–H groups in total. The summed E-state index contributed by atoms with van der Waals surface area (Å²) in [4.78, 5) is 21.4. The van der Waals surface area contributed by atoms with Crippen molar-refractivity contribution in [2.24, 2.45) is 26.7 Å². The zero-order chi connectivity index (χ0) is 19.1. The van der Waals surface area contributed by atoms with Crippen LogP contribution in [0.4, 0.5) is 5.00 Å². The minimum Gasteiger partial charge on any atom is -0.330 e. The number of hydrogen-bond acceptors (Lipinski definition) is 10. The van der Waals surface area contributed by atoms with Gasteiger partial charge >= 0.3 is 0 Å². The van der Waals surface area contributed by atoms with Crippen LogP contribution in [0.1, 0.15) is 6.42 Å². The number of rotatable bonds is 4. The largest absolute Gasteiger partial charge is 0.330 e. The van der Waals surface area contributed by atoms with Gasteiger partial charge < -0.3 is 16.0 Å². The first-order valence-electron chi connectivity index (χ1n) is 9.26. The van der Waals surface area contributed by atoms with E-state index in [1.165, 1.54) is 0 Å². The molecule has 3 aliphatic rings. The molecule has 144 valence electrons. The number of nitrogens with zero attached hydrogens (tertiary/aromatic N) is 7. The van der Waals surface area contributed by atoms with E-state index in [1.807, 2.05) is 24.3 Å². The molecule has 3 aliphatic heterocycles. The van der Waals surface area contributed by atoms with E-state index in [2.05, 4.69) is 31.5 Å². The Bertz CT molecular complexity index is 988. The predicted molar refractivity (Wildman–Crippen MR) is 113 cm³/mol. The number of nitrogens with two attached hydrogens (primary N) is 1. The van der Waals surface area contributed by atoms with Crippen LogP contribution in [0, 0.1) is 5.92 Å². The quantitative estimate of drug-likeness (QED) is 0.809. The number of fused-ring (bicyclic) bond motifs is 2. The topological polar surface area (TPSA) is 107 Å². The summed E-state index contributed by atoms with van der Waals surface area (Å²) < 4.78 is 0. The van der Waals surface area contributed by atoms with Crippen LogP contribution in [0.3, 0.4) is 0 Å². The van der Waals surface area contributed by atoms with Gasteiger partial charge in [0.15, 0.2) is 11.7 Å². The van der Waals surface area contributed by atoms with Crippen LogP contribution < -0.4 is 11.1 Å². The highest BCUT2D eigenvalue weighted by Gasteiger charge is 2.38. The third kappa shape index (κ3) is 3.04. The van der Waals surface area contributed by atoms with Gasteiger partial charge in [0.25, 0.3) is 0 Å². The maximum Gasteiger partial charge on any atom is 0.174 e. The highest BCUT2D eigenvalue weighted by Crippen LogP contribution is 2.30. The maximum atomic E-state index is 5.80. The van der Waals surface area contributed by atoms with E-state index in [0.29, 0.717) is 12.5 Å². The summed E-state index contributed by atoms with van der Waals surface area (Å²) in [5.74, 6) is 1.95. The monoisotopic (exact) mass is 395 g/mol. The van der Waals surface area contributed by atoms with E-state index in [-0.39, 0.29) is 6.04 Å². The van der Waals surface area contributed by atoms with E-state index in [0.717, 1.165) is 52.2 Å². The molecule has 0 aromatic carbocycles. The molecule has 28 heavy (non-hydrogen) atoms. The van der Waals surface area contributed by atoms with Gasteiger partial charge in [-0.05, 0) is 6.54 Å². The molecular formula is C18H21N9S. The number of hydrazone groups is 1. The number of thiophene rings is 1. The minimum absolute atomic E-state index is 0.245. The van der Waals surface area contributed by atoms with E-state index in [4.69, 9.17) is 15.7 Å². The predicted octanol–water partition coefficient (Wildman–Crippen LogP) is 1.34. The van der Waals surface area contributed by atoms with Gasteiger partial charge in [-0.15, -0.1) is 0 Å². The molecule has 0 spiro atoms. The molecule has 0 saturated heterocycles. The summed E-state index contributed by atoms with van der Waals surface area (Å²) in [6, 6.07) is 2.24. The van der Waals surface area contributed by atoms with E-state index in [1.54, 1.807) is 23.7 Å². The Morgan fingerprint density at radius 3 is 3.00 bits per heavy atom. The molecular weight excluding hydrogens is 374 g/mol. The van der Waals surface area contributed by atoms with E-state index in [9.17, 15) is 0 Å².